The van der Waals surface area contributed by atoms with E-state index in [-0.39, 0.29) is 5.82 Å². The molecule has 1 aliphatic rings. The van der Waals surface area contributed by atoms with Gasteiger partial charge in [-0.25, -0.2) is 4.39 Å². The molecule has 76 valence electrons. The number of rotatable bonds is 1. The van der Waals surface area contributed by atoms with Crippen molar-refractivity contribution in [1.82, 2.24) is 4.90 Å². The van der Waals surface area contributed by atoms with Gasteiger partial charge in [-0.1, -0.05) is 0 Å². The Hall–Kier alpha value is -1.09. The van der Waals surface area contributed by atoms with Crippen LogP contribution in [0.2, 0.25) is 0 Å². The molecule has 2 rings (SSSR count). The van der Waals surface area contributed by atoms with E-state index in [9.17, 15) is 4.39 Å². The first-order valence-corrected chi connectivity index (χ1v) is 4.88. The highest BCUT2D eigenvalue weighted by Gasteiger charge is 2.23. The van der Waals surface area contributed by atoms with E-state index >= 15 is 0 Å². The summed E-state index contributed by atoms with van der Waals surface area (Å²) in [5, 5.41) is 0. The van der Waals surface area contributed by atoms with Gasteiger partial charge in [-0.15, -0.1) is 0 Å². The maximum absolute atomic E-state index is 13.5. The zero-order chi connectivity index (χ0) is 10.3. The van der Waals surface area contributed by atoms with Crippen LogP contribution in [-0.2, 0) is 13.1 Å². The van der Waals surface area contributed by atoms with Crippen LogP contribution in [0, 0.1) is 5.82 Å². The average molecular weight is 194 g/mol. The van der Waals surface area contributed by atoms with Crippen LogP contribution in [-0.4, -0.2) is 10.9 Å². The number of benzene rings is 1. The smallest absolute Gasteiger partial charge is 0.130 e. The van der Waals surface area contributed by atoms with Gasteiger partial charge in [-0.2, -0.15) is 0 Å². The molecule has 0 aromatic heterocycles. The molecule has 0 aliphatic carbocycles. The zero-order valence-corrected chi connectivity index (χ0v) is 8.55. The third-order valence-electron chi connectivity index (χ3n) is 2.78. The lowest BCUT2D eigenvalue weighted by molar-refractivity contribution is 0.226. The van der Waals surface area contributed by atoms with Crippen LogP contribution in [0.1, 0.15) is 25.0 Å². The number of nitrogens with two attached hydrogens (primary N) is 1. The number of halogens is 1. The summed E-state index contributed by atoms with van der Waals surface area (Å²) in [6, 6.07) is 3.73. The Balaban J connectivity index is 2.35. The number of nitrogen functional groups attached to an aromatic ring is 1. The fraction of sp³-hybridized carbons (Fsp3) is 0.455. The van der Waals surface area contributed by atoms with Gasteiger partial charge in [-0.05, 0) is 31.5 Å². The van der Waals surface area contributed by atoms with Gasteiger partial charge in [0, 0.05) is 30.4 Å². The molecule has 3 heteroatoms. The summed E-state index contributed by atoms with van der Waals surface area (Å²) in [4.78, 5) is 2.23. The largest absolute Gasteiger partial charge is 0.399 e. The number of hydrogen-bond donors (Lipinski definition) is 1. The van der Waals surface area contributed by atoms with Crippen molar-refractivity contribution in [2.24, 2.45) is 0 Å². The van der Waals surface area contributed by atoms with Crippen LogP contribution in [0.5, 0.6) is 0 Å². The minimum atomic E-state index is -0.164. The lowest BCUT2D eigenvalue weighted by Gasteiger charge is -2.18. The Bertz CT molecular complexity index is 361. The maximum atomic E-state index is 13.5. The van der Waals surface area contributed by atoms with E-state index in [1.54, 1.807) is 0 Å². The van der Waals surface area contributed by atoms with Crippen LogP contribution in [0.15, 0.2) is 12.1 Å². The number of hydrogen-bond acceptors (Lipinski definition) is 2. The normalized spacial score (nSPS) is 16.3. The van der Waals surface area contributed by atoms with E-state index in [0.29, 0.717) is 18.3 Å². The molecule has 0 saturated carbocycles. The molecule has 0 saturated heterocycles. The molecule has 0 spiro atoms. The molecular weight excluding hydrogens is 179 g/mol. The fourth-order valence-corrected chi connectivity index (χ4v) is 1.88. The van der Waals surface area contributed by atoms with Gasteiger partial charge in [-0.3, -0.25) is 4.90 Å². The average Bonchev–Trinajstić information content (AvgIpc) is 2.47. The monoisotopic (exact) mass is 194 g/mol. The highest BCUT2D eigenvalue weighted by atomic mass is 19.1. The molecule has 0 radical (unpaired) electrons. The molecule has 1 heterocycles. The molecule has 2 N–H and O–H groups in total. The first-order valence-electron chi connectivity index (χ1n) is 4.88. The van der Waals surface area contributed by atoms with Crippen molar-refractivity contribution in [1.29, 1.82) is 0 Å². The third kappa shape index (κ3) is 1.48. The molecule has 0 amide bonds. The third-order valence-corrected chi connectivity index (χ3v) is 2.78. The zero-order valence-electron chi connectivity index (χ0n) is 8.55. The minimum absolute atomic E-state index is 0.164. The van der Waals surface area contributed by atoms with Gasteiger partial charge >= 0.3 is 0 Å². The number of nitrogens with zero attached hydrogens (tertiary/aromatic N) is 1. The Morgan fingerprint density at radius 3 is 2.71 bits per heavy atom. The van der Waals surface area contributed by atoms with Crippen molar-refractivity contribution in [3.8, 4) is 0 Å². The fourth-order valence-electron chi connectivity index (χ4n) is 1.88. The van der Waals surface area contributed by atoms with Crippen LogP contribution < -0.4 is 5.73 Å². The topological polar surface area (TPSA) is 29.3 Å². The molecule has 14 heavy (non-hydrogen) atoms. The Kier molecular flexibility index (Phi) is 2.19. The van der Waals surface area contributed by atoms with Crippen LogP contribution in [0.25, 0.3) is 0 Å². The summed E-state index contributed by atoms with van der Waals surface area (Å²) in [6.45, 7) is 5.76. The van der Waals surface area contributed by atoms with Crippen molar-refractivity contribution in [2.75, 3.05) is 5.73 Å². The Morgan fingerprint density at radius 2 is 2.07 bits per heavy atom. The molecule has 1 aliphatic heterocycles. The number of fused-ring (bicyclic) bond motifs is 1. The summed E-state index contributed by atoms with van der Waals surface area (Å²) >= 11 is 0. The Labute approximate surface area is 83.5 Å². The quantitative estimate of drug-likeness (QED) is 0.694. The van der Waals surface area contributed by atoms with E-state index in [1.165, 1.54) is 6.07 Å². The summed E-state index contributed by atoms with van der Waals surface area (Å²) in [6.07, 6.45) is 0. The van der Waals surface area contributed by atoms with Gasteiger partial charge in [0.25, 0.3) is 0 Å². The second-order valence-corrected chi connectivity index (χ2v) is 4.14. The number of anilines is 1. The van der Waals surface area contributed by atoms with Crippen LogP contribution >= 0.6 is 0 Å². The van der Waals surface area contributed by atoms with Crippen LogP contribution in [0.4, 0.5) is 10.1 Å². The van der Waals surface area contributed by atoms with E-state index in [2.05, 4.69) is 18.7 Å². The van der Waals surface area contributed by atoms with E-state index in [0.717, 1.165) is 17.7 Å². The summed E-state index contributed by atoms with van der Waals surface area (Å²) in [5.74, 6) is -0.164. The lowest BCUT2D eigenvalue weighted by atomic mass is 10.1. The molecule has 0 fully saturated rings. The van der Waals surface area contributed by atoms with E-state index in [1.807, 2.05) is 6.07 Å². The first-order chi connectivity index (χ1) is 6.58. The highest BCUT2D eigenvalue weighted by Crippen LogP contribution is 2.28. The summed E-state index contributed by atoms with van der Waals surface area (Å²) < 4.78 is 13.5. The molecular formula is C11H15FN2. The standard InChI is InChI=1S/C11H15FN2/c1-7(2)14-5-8-3-9(13)4-11(12)10(8)6-14/h3-4,7H,5-6,13H2,1-2H3. The van der Waals surface area contributed by atoms with E-state index in [4.69, 9.17) is 5.73 Å². The van der Waals surface area contributed by atoms with E-state index < -0.39 is 0 Å². The maximum Gasteiger partial charge on any atom is 0.130 e. The molecule has 1 aromatic rings. The van der Waals surface area contributed by atoms with Crippen molar-refractivity contribution in [2.45, 2.75) is 33.0 Å². The van der Waals surface area contributed by atoms with Gasteiger partial charge in [0.2, 0.25) is 0 Å². The molecule has 0 bridgehead atoms. The Morgan fingerprint density at radius 1 is 1.36 bits per heavy atom. The van der Waals surface area contributed by atoms with Gasteiger partial charge in [0.1, 0.15) is 5.82 Å². The second-order valence-electron chi connectivity index (χ2n) is 4.14. The van der Waals surface area contributed by atoms with Crippen molar-refractivity contribution in [3.05, 3.63) is 29.1 Å². The van der Waals surface area contributed by atoms with Gasteiger partial charge in [0.05, 0.1) is 0 Å². The summed E-state index contributed by atoms with van der Waals surface area (Å²) in [7, 11) is 0. The molecule has 0 atom stereocenters. The molecule has 0 unspecified atom stereocenters. The van der Waals surface area contributed by atoms with Gasteiger partial charge < -0.3 is 5.73 Å². The van der Waals surface area contributed by atoms with Crippen molar-refractivity contribution in [3.63, 3.8) is 0 Å². The highest BCUT2D eigenvalue weighted by molar-refractivity contribution is 5.47. The van der Waals surface area contributed by atoms with Gasteiger partial charge in [0.15, 0.2) is 0 Å². The first kappa shape index (κ1) is 9.46. The van der Waals surface area contributed by atoms with Crippen molar-refractivity contribution < 1.29 is 4.39 Å². The van der Waals surface area contributed by atoms with Crippen LogP contribution in [0.3, 0.4) is 0 Å². The second kappa shape index (κ2) is 3.24. The van der Waals surface area contributed by atoms with Crippen molar-refractivity contribution >= 4 is 5.69 Å². The molecule has 1 aromatic carbocycles. The lowest BCUT2D eigenvalue weighted by Crippen LogP contribution is -2.24. The summed E-state index contributed by atoms with van der Waals surface area (Å²) in [5.41, 5.74) is 7.97. The molecule has 2 nitrogen and oxygen atoms in total. The predicted molar refractivity (Wildman–Crippen MR) is 55.2 cm³/mol. The SMILES string of the molecule is CC(C)N1Cc2cc(N)cc(F)c2C1. The predicted octanol–water partition coefficient (Wildman–Crippen LogP) is 2.13. The minimum Gasteiger partial charge on any atom is -0.399 e.